The summed E-state index contributed by atoms with van der Waals surface area (Å²) in [5.41, 5.74) is -1.59. The van der Waals surface area contributed by atoms with Crippen LogP contribution in [0.4, 0.5) is 26.3 Å². The van der Waals surface area contributed by atoms with Crippen LogP contribution in [0.3, 0.4) is 0 Å². The Morgan fingerprint density at radius 2 is 1.63 bits per heavy atom. The van der Waals surface area contributed by atoms with Gasteiger partial charge in [0.15, 0.2) is 0 Å². The van der Waals surface area contributed by atoms with Crippen LogP contribution in [0.1, 0.15) is 6.92 Å². The van der Waals surface area contributed by atoms with Gasteiger partial charge in [0.05, 0.1) is 5.60 Å². The zero-order valence-corrected chi connectivity index (χ0v) is 10.8. The average Bonchev–Trinajstić information content (AvgIpc) is 2.10. The highest BCUT2D eigenvalue weighted by Gasteiger charge is 2.61. The van der Waals surface area contributed by atoms with E-state index in [-0.39, 0.29) is 5.75 Å². The van der Waals surface area contributed by atoms with Gasteiger partial charge in [-0.05, 0) is 13.2 Å². The fourth-order valence-corrected chi connectivity index (χ4v) is 1.95. The molecule has 114 valence electrons. The number of hydrogen-bond donors (Lipinski definition) is 2. The zero-order valence-electron chi connectivity index (χ0n) is 10.0. The first-order chi connectivity index (χ1) is 8.31. The van der Waals surface area contributed by atoms with Gasteiger partial charge >= 0.3 is 12.4 Å². The number of nitrogens with one attached hydrogen (secondary N) is 1. The van der Waals surface area contributed by atoms with Crippen molar-refractivity contribution in [3.8, 4) is 0 Å². The molecule has 0 spiro atoms. The molecular weight excluding hydrogens is 300 g/mol. The van der Waals surface area contributed by atoms with Crippen LogP contribution in [0.15, 0.2) is 0 Å². The highest BCUT2D eigenvalue weighted by atomic mass is 32.2. The predicted molar refractivity (Wildman–Crippen MR) is 57.6 cm³/mol. The number of hydrogen-bond acceptors (Lipinski definition) is 3. The normalized spacial score (nSPS) is 16.3. The third-order valence-electron chi connectivity index (χ3n) is 2.02. The summed E-state index contributed by atoms with van der Waals surface area (Å²) in [6.45, 7) is 0.495. The van der Waals surface area contributed by atoms with E-state index >= 15 is 0 Å². The van der Waals surface area contributed by atoms with Gasteiger partial charge < -0.3 is 10.4 Å². The molecule has 3 nitrogen and oxygen atoms in total. The second-order valence-corrected chi connectivity index (χ2v) is 5.03. The molecule has 1 atom stereocenters. The van der Waals surface area contributed by atoms with Crippen molar-refractivity contribution in [1.29, 1.82) is 0 Å². The largest absolute Gasteiger partial charge is 0.409 e. The number of rotatable bonds is 5. The molecule has 0 radical (unpaired) electrons. The minimum atomic E-state index is -5.73. The monoisotopic (exact) mass is 313 g/mol. The van der Waals surface area contributed by atoms with Crippen molar-refractivity contribution in [3.05, 3.63) is 0 Å². The van der Waals surface area contributed by atoms with Crippen molar-refractivity contribution in [2.75, 3.05) is 18.6 Å². The van der Waals surface area contributed by atoms with Crippen molar-refractivity contribution in [1.82, 2.24) is 5.32 Å². The second kappa shape index (κ2) is 6.21. The van der Waals surface area contributed by atoms with Crippen LogP contribution in [-0.2, 0) is 4.79 Å². The van der Waals surface area contributed by atoms with E-state index in [1.165, 1.54) is 12.2 Å². The number of halogens is 6. The molecular formula is C9H13F6NO2S. The molecule has 1 unspecified atom stereocenters. The van der Waals surface area contributed by atoms with Gasteiger partial charge in [-0.2, -0.15) is 38.1 Å². The molecule has 0 heterocycles. The highest BCUT2D eigenvalue weighted by Crippen LogP contribution is 2.39. The second-order valence-electron chi connectivity index (χ2n) is 4.16. The molecule has 10 heteroatoms. The van der Waals surface area contributed by atoms with Gasteiger partial charge in [-0.3, -0.25) is 4.79 Å². The summed E-state index contributed by atoms with van der Waals surface area (Å²) >= 11 is 1.13. The van der Waals surface area contributed by atoms with Gasteiger partial charge in [0, 0.05) is 12.3 Å². The minimum absolute atomic E-state index is 0.0516. The summed E-state index contributed by atoms with van der Waals surface area (Å²) in [6.07, 6.45) is -9.87. The van der Waals surface area contributed by atoms with Crippen LogP contribution in [0.2, 0.25) is 0 Å². The Morgan fingerprint density at radius 1 is 1.21 bits per heavy atom. The molecule has 2 N–H and O–H groups in total. The van der Waals surface area contributed by atoms with Crippen molar-refractivity contribution >= 4 is 17.7 Å². The van der Waals surface area contributed by atoms with Gasteiger partial charge in [-0.25, -0.2) is 0 Å². The maximum atomic E-state index is 12.2. The predicted octanol–water partition coefficient (Wildman–Crippen LogP) is 1.96. The summed E-state index contributed by atoms with van der Waals surface area (Å²) in [4.78, 5) is 11.0. The minimum Gasteiger partial charge on any atom is -0.387 e. The molecule has 19 heavy (non-hydrogen) atoms. The van der Waals surface area contributed by atoms with Crippen molar-refractivity contribution in [2.24, 2.45) is 5.92 Å². The van der Waals surface area contributed by atoms with Crippen LogP contribution in [0.25, 0.3) is 0 Å². The highest BCUT2D eigenvalue weighted by molar-refractivity contribution is 7.98. The maximum absolute atomic E-state index is 12.2. The van der Waals surface area contributed by atoms with Crippen LogP contribution in [0.5, 0.6) is 0 Å². The fourth-order valence-electron chi connectivity index (χ4n) is 1.22. The van der Waals surface area contributed by atoms with Crippen LogP contribution < -0.4 is 5.32 Å². The van der Waals surface area contributed by atoms with Gasteiger partial charge in [0.2, 0.25) is 11.8 Å². The molecule has 0 saturated heterocycles. The lowest BCUT2D eigenvalue weighted by Gasteiger charge is -2.26. The van der Waals surface area contributed by atoms with E-state index in [4.69, 9.17) is 0 Å². The van der Waals surface area contributed by atoms with E-state index < -0.39 is 36.3 Å². The smallest absolute Gasteiger partial charge is 0.387 e. The Bertz CT molecular complexity index is 301. The standard InChI is InChI=1S/C9H13F6NO2S/c1-7(18,4-19-2)3-16-6(17)5(8(10,11)12)9(13,14)15/h5,18H,3-4H2,1-2H3,(H,16,17). The zero-order chi connectivity index (χ0) is 15.5. The van der Waals surface area contributed by atoms with Crippen molar-refractivity contribution < 1.29 is 36.2 Å². The third-order valence-corrected chi connectivity index (χ3v) is 2.93. The molecule has 0 saturated carbocycles. The first kappa shape index (κ1) is 18.4. The Balaban J connectivity index is 4.79. The molecule has 0 fully saturated rings. The molecule has 1 amide bonds. The molecule has 0 aromatic carbocycles. The lowest BCUT2D eigenvalue weighted by atomic mass is 10.1. The molecule has 0 aliphatic carbocycles. The lowest BCUT2D eigenvalue weighted by Crippen LogP contribution is -2.51. The number of thioether (sulfide) groups is 1. The van der Waals surface area contributed by atoms with E-state index in [0.29, 0.717) is 0 Å². The number of carbonyl (C=O) groups excluding carboxylic acids is 1. The van der Waals surface area contributed by atoms with E-state index in [2.05, 4.69) is 0 Å². The Morgan fingerprint density at radius 3 is 1.95 bits per heavy atom. The first-order valence-corrected chi connectivity index (χ1v) is 6.33. The fraction of sp³-hybridized carbons (Fsp3) is 0.889. The Kier molecular flexibility index (Phi) is 6.00. The van der Waals surface area contributed by atoms with Crippen LogP contribution in [0, 0.1) is 5.92 Å². The lowest BCUT2D eigenvalue weighted by molar-refractivity contribution is -0.274. The van der Waals surface area contributed by atoms with E-state index in [1.807, 2.05) is 0 Å². The average molecular weight is 313 g/mol. The third kappa shape index (κ3) is 6.37. The number of amides is 1. The number of aliphatic hydroxyl groups is 1. The van der Waals surface area contributed by atoms with E-state index in [1.54, 1.807) is 6.26 Å². The van der Waals surface area contributed by atoms with Crippen LogP contribution in [-0.4, -0.2) is 47.5 Å². The molecule has 0 aromatic rings. The SMILES string of the molecule is CSCC(C)(O)CNC(=O)C(C(F)(F)F)C(F)(F)F. The Labute approximate surface area is 109 Å². The maximum Gasteiger partial charge on any atom is 0.409 e. The summed E-state index contributed by atoms with van der Waals surface area (Å²) in [7, 11) is 0. The molecule has 0 aromatic heterocycles. The summed E-state index contributed by atoms with van der Waals surface area (Å²) in [5.74, 6) is -6.26. The van der Waals surface area contributed by atoms with Crippen molar-refractivity contribution in [2.45, 2.75) is 24.9 Å². The topological polar surface area (TPSA) is 49.3 Å². The van der Waals surface area contributed by atoms with Gasteiger partial charge in [0.25, 0.3) is 0 Å². The Hall–Kier alpha value is -0.640. The van der Waals surface area contributed by atoms with Crippen molar-refractivity contribution in [3.63, 3.8) is 0 Å². The molecule has 0 bridgehead atoms. The molecule has 0 aliphatic rings. The summed E-state index contributed by atoms with van der Waals surface area (Å²) < 4.78 is 73.1. The van der Waals surface area contributed by atoms with Crippen LogP contribution >= 0.6 is 11.8 Å². The molecule has 0 rings (SSSR count). The summed E-state index contributed by atoms with van der Waals surface area (Å²) in [6, 6.07) is 0. The quantitative estimate of drug-likeness (QED) is 0.763. The first-order valence-electron chi connectivity index (χ1n) is 4.94. The van der Waals surface area contributed by atoms with E-state index in [9.17, 15) is 36.2 Å². The van der Waals surface area contributed by atoms with E-state index in [0.717, 1.165) is 11.8 Å². The van der Waals surface area contributed by atoms with Gasteiger partial charge in [0.1, 0.15) is 0 Å². The van der Waals surface area contributed by atoms with Gasteiger partial charge in [-0.1, -0.05) is 0 Å². The van der Waals surface area contributed by atoms with Gasteiger partial charge in [-0.15, -0.1) is 0 Å². The summed E-state index contributed by atoms with van der Waals surface area (Å²) in [5, 5.41) is 11.0. The number of carbonyl (C=O) groups is 1. The molecule has 0 aliphatic heterocycles. The number of alkyl halides is 6.